The average Bonchev–Trinajstić information content (AvgIpc) is 2.80. The normalized spacial score (nSPS) is 24.5. The molecule has 3 heterocycles. The molecule has 1 aliphatic rings. The van der Waals surface area contributed by atoms with Crippen LogP contribution in [0.3, 0.4) is 0 Å². The molecular weight excluding hydrogens is 340 g/mol. The highest BCUT2D eigenvalue weighted by atomic mass is 16.5. The molecule has 2 aromatic rings. The Labute approximate surface area is 162 Å². The van der Waals surface area contributed by atoms with Gasteiger partial charge in [0.15, 0.2) is 5.65 Å². The Balaban J connectivity index is 1.89. The van der Waals surface area contributed by atoms with Crippen molar-refractivity contribution in [2.75, 3.05) is 6.61 Å². The number of nitrogens with one attached hydrogen (secondary N) is 1. The lowest BCUT2D eigenvalue weighted by molar-refractivity contribution is -0.0268. The Kier molecular flexibility index (Phi) is 5.89. The van der Waals surface area contributed by atoms with Crippen LogP contribution in [0.4, 0.5) is 0 Å². The lowest BCUT2D eigenvalue weighted by Crippen LogP contribution is -2.45. The summed E-state index contributed by atoms with van der Waals surface area (Å²) in [7, 11) is 2.06. The van der Waals surface area contributed by atoms with E-state index in [4.69, 9.17) is 9.72 Å². The molecule has 1 fully saturated rings. The third-order valence-electron chi connectivity index (χ3n) is 5.37. The monoisotopic (exact) mass is 374 g/mol. The van der Waals surface area contributed by atoms with Gasteiger partial charge in [0, 0.05) is 18.2 Å². The van der Waals surface area contributed by atoms with E-state index >= 15 is 0 Å². The molecule has 3 atom stereocenters. The van der Waals surface area contributed by atoms with E-state index in [1.54, 1.807) is 0 Å². The summed E-state index contributed by atoms with van der Waals surface area (Å²) in [6.45, 7) is 10.7. The Morgan fingerprint density at radius 2 is 2.07 bits per heavy atom. The van der Waals surface area contributed by atoms with Gasteiger partial charge in [0.05, 0.1) is 42.8 Å². The zero-order chi connectivity index (χ0) is 19.8. The Bertz CT molecular complexity index is 778. The summed E-state index contributed by atoms with van der Waals surface area (Å²) in [6.07, 6.45) is 5.00. The van der Waals surface area contributed by atoms with Crippen LogP contribution in [0.2, 0.25) is 0 Å². The number of rotatable bonds is 4. The van der Waals surface area contributed by atoms with Gasteiger partial charge in [-0.15, -0.1) is 0 Å². The molecule has 1 saturated heterocycles. The number of hydrogen-bond acceptors (Lipinski definition) is 5. The molecule has 6 heteroatoms. The van der Waals surface area contributed by atoms with Crippen LogP contribution in [0.1, 0.15) is 71.3 Å². The van der Waals surface area contributed by atoms with E-state index in [9.17, 15) is 5.11 Å². The van der Waals surface area contributed by atoms with Gasteiger partial charge in [-0.05, 0) is 39.2 Å². The maximum absolute atomic E-state index is 9.89. The van der Waals surface area contributed by atoms with E-state index in [0.717, 1.165) is 36.1 Å². The number of hydrogen-bond donors (Lipinski definition) is 2. The summed E-state index contributed by atoms with van der Waals surface area (Å²) in [4.78, 5) is 9.63. The number of aliphatic hydroxyl groups excluding tert-OH is 1. The number of aryl methyl sites for hydroxylation is 1. The molecular formula is C21H34N4O2. The second kappa shape index (κ2) is 7.86. The van der Waals surface area contributed by atoms with Crippen LogP contribution in [0, 0.1) is 0 Å². The first kappa shape index (κ1) is 20.2. The number of aromatic nitrogens is 3. The van der Waals surface area contributed by atoms with Crippen LogP contribution in [-0.4, -0.2) is 44.5 Å². The average molecular weight is 375 g/mol. The Morgan fingerprint density at radius 1 is 1.33 bits per heavy atom. The Hall–Kier alpha value is -1.50. The van der Waals surface area contributed by atoms with Gasteiger partial charge in [-0.3, -0.25) is 4.98 Å². The van der Waals surface area contributed by atoms with Crippen LogP contribution in [0.25, 0.3) is 11.2 Å². The number of fused-ring (bicyclic) bond motifs is 1. The zero-order valence-corrected chi connectivity index (χ0v) is 17.5. The largest absolute Gasteiger partial charge is 0.395 e. The molecule has 0 unspecified atom stereocenters. The van der Waals surface area contributed by atoms with Crippen molar-refractivity contribution in [2.45, 2.75) is 83.6 Å². The summed E-state index contributed by atoms with van der Waals surface area (Å²) in [5.74, 6) is 0. The van der Waals surface area contributed by atoms with Crippen molar-refractivity contribution in [3.8, 4) is 0 Å². The van der Waals surface area contributed by atoms with Crippen LogP contribution in [0.15, 0.2) is 12.3 Å². The molecule has 2 N–H and O–H groups in total. The predicted molar refractivity (Wildman–Crippen MR) is 108 cm³/mol. The fraction of sp³-hybridized carbons (Fsp3) is 0.714. The van der Waals surface area contributed by atoms with Gasteiger partial charge in [0.2, 0.25) is 0 Å². The van der Waals surface area contributed by atoms with Crippen LogP contribution < -0.4 is 5.32 Å². The molecule has 0 radical (unpaired) electrons. The summed E-state index contributed by atoms with van der Waals surface area (Å²) in [5, 5.41) is 13.5. The third-order valence-corrected chi connectivity index (χ3v) is 5.37. The van der Waals surface area contributed by atoms with Gasteiger partial charge in [0.1, 0.15) is 5.52 Å². The van der Waals surface area contributed by atoms with Gasteiger partial charge >= 0.3 is 0 Å². The van der Waals surface area contributed by atoms with Gasteiger partial charge < -0.3 is 19.7 Å². The minimum absolute atomic E-state index is 0.0271. The highest BCUT2D eigenvalue weighted by Crippen LogP contribution is 2.29. The van der Waals surface area contributed by atoms with E-state index in [2.05, 4.69) is 48.8 Å². The maximum atomic E-state index is 9.89. The molecule has 0 spiro atoms. The quantitative estimate of drug-likeness (QED) is 0.860. The molecule has 150 valence electrons. The molecule has 0 aliphatic carbocycles. The molecule has 3 rings (SSSR count). The first-order chi connectivity index (χ1) is 12.7. The van der Waals surface area contributed by atoms with Crippen LogP contribution in [-0.2, 0) is 17.2 Å². The lowest BCUT2D eigenvalue weighted by atomic mass is 9.92. The van der Waals surface area contributed by atoms with Crippen molar-refractivity contribution in [3.05, 3.63) is 23.7 Å². The van der Waals surface area contributed by atoms with Crippen molar-refractivity contribution in [1.82, 2.24) is 19.9 Å². The molecule has 1 aliphatic heterocycles. The van der Waals surface area contributed by atoms with E-state index in [-0.39, 0.29) is 36.3 Å². The second-order valence-electron chi connectivity index (χ2n) is 9.00. The molecule has 2 aromatic heterocycles. The number of aliphatic hydroxyl groups is 1. The highest BCUT2D eigenvalue weighted by Gasteiger charge is 2.30. The predicted octanol–water partition coefficient (Wildman–Crippen LogP) is 3.23. The van der Waals surface area contributed by atoms with Crippen molar-refractivity contribution < 1.29 is 9.84 Å². The van der Waals surface area contributed by atoms with E-state index in [0.29, 0.717) is 0 Å². The summed E-state index contributed by atoms with van der Waals surface area (Å²) in [6, 6.07) is 2.12. The highest BCUT2D eigenvalue weighted by molar-refractivity contribution is 5.73. The molecule has 0 saturated carbocycles. The van der Waals surface area contributed by atoms with E-state index < -0.39 is 0 Å². The van der Waals surface area contributed by atoms with Gasteiger partial charge in [0.25, 0.3) is 0 Å². The fourth-order valence-electron chi connectivity index (χ4n) is 4.07. The smallest absolute Gasteiger partial charge is 0.158 e. The first-order valence-corrected chi connectivity index (χ1v) is 10.1. The molecule has 0 bridgehead atoms. The second-order valence-corrected chi connectivity index (χ2v) is 9.00. The maximum Gasteiger partial charge on any atom is 0.158 e. The summed E-state index contributed by atoms with van der Waals surface area (Å²) >= 11 is 0. The summed E-state index contributed by atoms with van der Waals surface area (Å²) in [5.41, 5.74) is 4.05. The molecule has 6 nitrogen and oxygen atoms in total. The van der Waals surface area contributed by atoms with Gasteiger partial charge in [-0.2, -0.15) is 0 Å². The van der Waals surface area contributed by atoms with Gasteiger partial charge in [-0.25, -0.2) is 4.98 Å². The molecule has 0 amide bonds. The fourth-order valence-corrected chi connectivity index (χ4v) is 4.07. The summed E-state index contributed by atoms with van der Waals surface area (Å²) < 4.78 is 8.18. The lowest BCUT2D eigenvalue weighted by Gasteiger charge is -2.28. The van der Waals surface area contributed by atoms with Crippen molar-refractivity contribution in [2.24, 2.45) is 7.05 Å². The SMILES string of the molecule is CC(C)O[C@H]1CCC[C@H](c2cnc3cc(C(C)(C)C)n(C)c3n2)N[C@H]1CO. The minimum Gasteiger partial charge on any atom is -0.395 e. The van der Waals surface area contributed by atoms with Gasteiger partial charge in [-0.1, -0.05) is 20.8 Å². The number of nitrogens with zero attached hydrogens (tertiary/aromatic N) is 3. The number of ether oxygens (including phenoxy) is 1. The first-order valence-electron chi connectivity index (χ1n) is 10.1. The Morgan fingerprint density at radius 3 is 2.70 bits per heavy atom. The van der Waals surface area contributed by atoms with Crippen LogP contribution in [0.5, 0.6) is 0 Å². The van der Waals surface area contributed by atoms with Crippen molar-refractivity contribution in [3.63, 3.8) is 0 Å². The van der Waals surface area contributed by atoms with E-state index in [1.807, 2.05) is 20.0 Å². The van der Waals surface area contributed by atoms with Crippen molar-refractivity contribution >= 4 is 11.2 Å². The molecule has 27 heavy (non-hydrogen) atoms. The molecule has 0 aromatic carbocycles. The third kappa shape index (κ3) is 4.33. The van der Waals surface area contributed by atoms with E-state index in [1.165, 1.54) is 5.69 Å². The zero-order valence-electron chi connectivity index (χ0n) is 17.5. The van der Waals surface area contributed by atoms with Crippen LogP contribution >= 0.6 is 0 Å². The minimum atomic E-state index is -0.0871. The van der Waals surface area contributed by atoms with Crippen molar-refractivity contribution in [1.29, 1.82) is 0 Å². The standard InChI is InChI=1S/C21H34N4O2/c1-13(2)27-18-9-7-8-14(23-17(18)12-26)16-11-22-15-10-19(21(3,4)5)25(6)20(15)24-16/h10-11,13-14,17-18,23,26H,7-9,12H2,1-6H3/t14-,17+,18+/m1/s1. The topological polar surface area (TPSA) is 72.2 Å².